The van der Waals surface area contributed by atoms with Gasteiger partial charge in [0.05, 0.1) is 5.60 Å². The zero-order chi connectivity index (χ0) is 12.3. The Balaban J connectivity index is 1.62. The minimum atomic E-state index is -0.380. The molecule has 3 unspecified atom stereocenters. The maximum Gasteiger partial charge on any atom is 0.0642 e. The molecule has 2 aliphatic carbocycles. The van der Waals surface area contributed by atoms with E-state index in [-0.39, 0.29) is 5.60 Å². The standard InChI is InChI=1S/C16H28O/c1-3-16(17,4-2)10-6-5-7-14-11-13-8-9-15(14)12-13/h8-9,13-15,17H,3-7,10-12H2,1-2H3. The summed E-state index contributed by atoms with van der Waals surface area (Å²) in [5.41, 5.74) is -0.380. The Labute approximate surface area is 106 Å². The third kappa shape index (κ3) is 3.13. The zero-order valence-corrected chi connectivity index (χ0v) is 11.5. The molecule has 98 valence electrons. The maximum absolute atomic E-state index is 10.2. The van der Waals surface area contributed by atoms with Crippen molar-refractivity contribution < 1.29 is 5.11 Å². The molecule has 17 heavy (non-hydrogen) atoms. The molecule has 2 aliphatic rings. The van der Waals surface area contributed by atoms with Gasteiger partial charge >= 0.3 is 0 Å². The van der Waals surface area contributed by atoms with E-state index in [1.54, 1.807) is 0 Å². The van der Waals surface area contributed by atoms with Crippen molar-refractivity contribution in [2.45, 2.75) is 70.8 Å². The summed E-state index contributed by atoms with van der Waals surface area (Å²) in [5.74, 6) is 2.77. The second kappa shape index (κ2) is 5.56. The lowest BCUT2D eigenvalue weighted by molar-refractivity contribution is 0.0208. The van der Waals surface area contributed by atoms with Crippen LogP contribution in [0.25, 0.3) is 0 Å². The van der Waals surface area contributed by atoms with Gasteiger partial charge in [-0.2, -0.15) is 0 Å². The number of allylic oxidation sites excluding steroid dienone is 2. The number of hydrogen-bond acceptors (Lipinski definition) is 1. The van der Waals surface area contributed by atoms with Gasteiger partial charge in [-0.3, -0.25) is 0 Å². The highest BCUT2D eigenvalue weighted by Gasteiger charge is 2.34. The highest BCUT2D eigenvalue weighted by molar-refractivity contribution is 5.09. The van der Waals surface area contributed by atoms with Crippen LogP contribution in [0, 0.1) is 17.8 Å². The van der Waals surface area contributed by atoms with Gasteiger partial charge in [0.15, 0.2) is 0 Å². The third-order valence-electron chi connectivity index (χ3n) is 5.20. The van der Waals surface area contributed by atoms with E-state index in [0.29, 0.717) is 0 Å². The first-order valence-electron chi connectivity index (χ1n) is 7.57. The molecule has 0 amide bonds. The maximum atomic E-state index is 10.2. The van der Waals surface area contributed by atoms with Gasteiger partial charge in [0, 0.05) is 0 Å². The molecule has 0 spiro atoms. The van der Waals surface area contributed by atoms with Gasteiger partial charge in [0.25, 0.3) is 0 Å². The van der Waals surface area contributed by atoms with Crippen molar-refractivity contribution in [2.75, 3.05) is 0 Å². The molecule has 0 aromatic rings. The summed E-state index contributed by atoms with van der Waals surface area (Å²) in [6, 6.07) is 0. The molecular formula is C16H28O. The van der Waals surface area contributed by atoms with E-state index in [9.17, 15) is 5.11 Å². The monoisotopic (exact) mass is 236 g/mol. The molecule has 3 atom stereocenters. The van der Waals surface area contributed by atoms with Crippen molar-refractivity contribution >= 4 is 0 Å². The van der Waals surface area contributed by atoms with E-state index in [1.807, 2.05) is 0 Å². The molecule has 0 aromatic heterocycles. The minimum absolute atomic E-state index is 0.380. The average Bonchev–Trinajstić information content (AvgIpc) is 2.96. The number of aliphatic hydroxyl groups is 1. The van der Waals surface area contributed by atoms with E-state index < -0.39 is 0 Å². The molecule has 0 aromatic carbocycles. The molecule has 0 saturated heterocycles. The summed E-state index contributed by atoms with van der Waals surface area (Å²) >= 11 is 0. The summed E-state index contributed by atoms with van der Waals surface area (Å²) in [7, 11) is 0. The second-order valence-corrected chi connectivity index (χ2v) is 6.22. The molecule has 1 nitrogen and oxygen atoms in total. The van der Waals surface area contributed by atoms with E-state index in [2.05, 4.69) is 26.0 Å². The minimum Gasteiger partial charge on any atom is -0.390 e. The first-order valence-corrected chi connectivity index (χ1v) is 7.57. The molecule has 1 heteroatoms. The van der Waals surface area contributed by atoms with Crippen molar-refractivity contribution in [2.24, 2.45) is 17.8 Å². The fourth-order valence-corrected chi connectivity index (χ4v) is 3.69. The van der Waals surface area contributed by atoms with Crippen molar-refractivity contribution in [3.63, 3.8) is 0 Å². The Morgan fingerprint density at radius 3 is 2.41 bits per heavy atom. The summed E-state index contributed by atoms with van der Waals surface area (Å²) < 4.78 is 0. The second-order valence-electron chi connectivity index (χ2n) is 6.22. The van der Waals surface area contributed by atoms with E-state index >= 15 is 0 Å². The fourth-order valence-electron chi connectivity index (χ4n) is 3.69. The molecule has 1 N–H and O–H groups in total. The van der Waals surface area contributed by atoms with Crippen molar-refractivity contribution in [1.82, 2.24) is 0 Å². The van der Waals surface area contributed by atoms with Crippen molar-refractivity contribution in [3.8, 4) is 0 Å². The van der Waals surface area contributed by atoms with Crippen LogP contribution in [0.5, 0.6) is 0 Å². The number of unbranched alkanes of at least 4 members (excludes halogenated alkanes) is 1. The first kappa shape index (κ1) is 13.1. The Morgan fingerprint density at radius 1 is 1.12 bits per heavy atom. The van der Waals surface area contributed by atoms with Crippen LogP contribution in [0.2, 0.25) is 0 Å². The van der Waals surface area contributed by atoms with Gasteiger partial charge in [0.1, 0.15) is 0 Å². The highest BCUT2D eigenvalue weighted by Crippen LogP contribution is 2.45. The predicted molar refractivity (Wildman–Crippen MR) is 72.8 cm³/mol. The molecule has 1 saturated carbocycles. The lowest BCUT2D eigenvalue weighted by Gasteiger charge is -2.25. The van der Waals surface area contributed by atoms with Crippen molar-refractivity contribution in [3.05, 3.63) is 12.2 Å². The largest absolute Gasteiger partial charge is 0.390 e. The molecule has 1 fully saturated rings. The van der Waals surface area contributed by atoms with Gasteiger partial charge < -0.3 is 5.11 Å². The number of hydrogen-bond donors (Lipinski definition) is 1. The van der Waals surface area contributed by atoms with E-state index in [0.717, 1.165) is 37.0 Å². The average molecular weight is 236 g/mol. The van der Waals surface area contributed by atoms with Crippen LogP contribution in [0.15, 0.2) is 12.2 Å². The Kier molecular flexibility index (Phi) is 4.30. The Morgan fingerprint density at radius 2 is 1.88 bits per heavy atom. The smallest absolute Gasteiger partial charge is 0.0642 e. The third-order valence-corrected chi connectivity index (χ3v) is 5.20. The summed E-state index contributed by atoms with van der Waals surface area (Å²) in [4.78, 5) is 0. The van der Waals surface area contributed by atoms with Crippen molar-refractivity contribution in [1.29, 1.82) is 0 Å². The topological polar surface area (TPSA) is 20.2 Å². The van der Waals surface area contributed by atoms with Gasteiger partial charge in [-0.1, -0.05) is 38.8 Å². The van der Waals surface area contributed by atoms with E-state index in [1.165, 1.54) is 32.1 Å². The quantitative estimate of drug-likeness (QED) is 0.516. The van der Waals surface area contributed by atoms with Crippen LogP contribution in [0.1, 0.15) is 65.2 Å². The van der Waals surface area contributed by atoms with Gasteiger partial charge in [0.2, 0.25) is 0 Å². The lowest BCUT2D eigenvalue weighted by atomic mass is 9.86. The zero-order valence-electron chi connectivity index (χ0n) is 11.5. The fraction of sp³-hybridized carbons (Fsp3) is 0.875. The first-order chi connectivity index (χ1) is 8.17. The predicted octanol–water partition coefficient (Wildman–Crippen LogP) is 4.31. The number of fused-ring (bicyclic) bond motifs is 2. The van der Waals surface area contributed by atoms with Crippen LogP contribution >= 0.6 is 0 Å². The SMILES string of the molecule is CCC(O)(CC)CCCCC1CC2C=CC1C2. The van der Waals surface area contributed by atoms with Crippen LogP contribution in [0.3, 0.4) is 0 Å². The molecule has 2 rings (SSSR count). The molecule has 0 radical (unpaired) electrons. The number of rotatable bonds is 7. The Bertz CT molecular complexity index is 265. The van der Waals surface area contributed by atoms with Gasteiger partial charge in [-0.15, -0.1) is 0 Å². The molecule has 0 heterocycles. The summed E-state index contributed by atoms with van der Waals surface area (Å²) in [6.45, 7) is 4.20. The van der Waals surface area contributed by atoms with Crippen LogP contribution < -0.4 is 0 Å². The molecular weight excluding hydrogens is 208 g/mol. The van der Waals surface area contributed by atoms with Gasteiger partial charge in [-0.25, -0.2) is 0 Å². The summed E-state index contributed by atoms with van der Waals surface area (Å²) in [6.07, 6.45) is 14.4. The molecule has 2 bridgehead atoms. The normalized spacial score (nSPS) is 31.4. The highest BCUT2D eigenvalue weighted by atomic mass is 16.3. The van der Waals surface area contributed by atoms with Crippen LogP contribution in [0.4, 0.5) is 0 Å². The lowest BCUT2D eigenvalue weighted by Crippen LogP contribution is -2.26. The van der Waals surface area contributed by atoms with Crippen LogP contribution in [-0.2, 0) is 0 Å². The Hall–Kier alpha value is -0.300. The summed E-state index contributed by atoms with van der Waals surface area (Å²) in [5, 5.41) is 10.2. The molecule has 0 aliphatic heterocycles. The van der Waals surface area contributed by atoms with Gasteiger partial charge in [-0.05, 0) is 56.3 Å². The van der Waals surface area contributed by atoms with E-state index in [4.69, 9.17) is 0 Å². The van der Waals surface area contributed by atoms with Crippen LogP contribution in [-0.4, -0.2) is 10.7 Å².